The zero-order valence-corrected chi connectivity index (χ0v) is 11.3. The van der Waals surface area contributed by atoms with Crippen molar-refractivity contribution in [1.82, 2.24) is 9.38 Å². The second-order valence-corrected chi connectivity index (χ2v) is 4.79. The van der Waals surface area contributed by atoms with Gasteiger partial charge < -0.3 is 9.72 Å². The Balaban J connectivity index is 2.04. The number of pyridine rings is 1. The molecule has 0 fully saturated rings. The summed E-state index contributed by atoms with van der Waals surface area (Å²) >= 11 is 5.46. The summed E-state index contributed by atoms with van der Waals surface area (Å²) in [5.41, 5.74) is 3.20. The van der Waals surface area contributed by atoms with Gasteiger partial charge in [0.05, 0.1) is 11.7 Å². The normalized spacial score (nSPS) is 10.6. The zero-order chi connectivity index (χ0) is 13.2. The van der Waals surface area contributed by atoms with E-state index in [-0.39, 0.29) is 0 Å². The van der Waals surface area contributed by atoms with Gasteiger partial charge in [-0.1, -0.05) is 36.0 Å². The number of fused-ring (bicyclic) bond motifs is 1. The number of benzene rings is 1. The zero-order valence-electron chi connectivity index (χ0n) is 10.5. The highest BCUT2D eigenvalue weighted by atomic mass is 32.1. The second-order valence-electron chi connectivity index (χ2n) is 4.40. The van der Waals surface area contributed by atoms with Gasteiger partial charge in [0.25, 0.3) is 0 Å². The van der Waals surface area contributed by atoms with Gasteiger partial charge in [0.1, 0.15) is 0 Å². The molecule has 3 rings (SSSR count). The van der Waals surface area contributed by atoms with E-state index in [1.54, 1.807) is 0 Å². The van der Waals surface area contributed by atoms with Crippen LogP contribution in [0.1, 0.15) is 5.56 Å². The molecule has 0 amide bonds. The van der Waals surface area contributed by atoms with E-state index in [0.29, 0.717) is 10.5 Å². The molecule has 0 saturated heterocycles. The Kier molecular flexibility index (Phi) is 3.01. The maximum absolute atomic E-state index is 5.46. The average Bonchev–Trinajstić information content (AvgIpc) is 2.45. The SMILES string of the molecule is Cc1ccc(Nc2ncc3ccccn3c2=S)cc1. The largest absolute Gasteiger partial charge is 0.338 e. The topological polar surface area (TPSA) is 29.3 Å². The third-order valence-electron chi connectivity index (χ3n) is 2.95. The van der Waals surface area contributed by atoms with Crippen LogP contribution in [-0.2, 0) is 0 Å². The molecule has 94 valence electrons. The van der Waals surface area contributed by atoms with Crippen molar-refractivity contribution in [3.8, 4) is 0 Å². The van der Waals surface area contributed by atoms with Crippen LogP contribution in [0.2, 0.25) is 0 Å². The maximum Gasteiger partial charge on any atom is 0.166 e. The number of hydrogen-bond donors (Lipinski definition) is 1. The predicted octanol–water partition coefficient (Wildman–Crippen LogP) is 4.12. The van der Waals surface area contributed by atoms with Crippen LogP contribution in [0.15, 0.2) is 54.9 Å². The quantitative estimate of drug-likeness (QED) is 0.708. The molecule has 3 aromatic rings. The van der Waals surface area contributed by atoms with E-state index >= 15 is 0 Å². The summed E-state index contributed by atoms with van der Waals surface area (Å²) in [7, 11) is 0. The average molecular weight is 267 g/mol. The smallest absolute Gasteiger partial charge is 0.166 e. The summed E-state index contributed by atoms with van der Waals surface area (Å²) in [6.45, 7) is 2.06. The molecule has 0 atom stereocenters. The van der Waals surface area contributed by atoms with Crippen molar-refractivity contribution < 1.29 is 0 Å². The van der Waals surface area contributed by atoms with Gasteiger partial charge in [-0.2, -0.15) is 0 Å². The fraction of sp³-hybridized carbons (Fsp3) is 0.0667. The highest BCUT2D eigenvalue weighted by molar-refractivity contribution is 7.71. The lowest BCUT2D eigenvalue weighted by Gasteiger charge is -2.08. The molecule has 4 heteroatoms. The molecule has 0 unspecified atom stereocenters. The van der Waals surface area contributed by atoms with E-state index in [2.05, 4.69) is 29.4 Å². The van der Waals surface area contributed by atoms with Crippen molar-refractivity contribution in [2.24, 2.45) is 0 Å². The molecule has 0 aliphatic rings. The number of rotatable bonds is 2. The Hall–Kier alpha value is -2.20. The van der Waals surface area contributed by atoms with Crippen LogP contribution in [-0.4, -0.2) is 9.38 Å². The summed E-state index contributed by atoms with van der Waals surface area (Å²) in [4.78, 5) is 4.39. The van der Waals surface area contributed by atoms with E-state index in [9.17, 15) is 0 Å². The lowest BCUT2D eigenvalue weighted by Crippen LogP contribution is -1.99. The molecule has 0 bridgehead atoms. The lowest BCUT2D eigenvalue weighted by atomic mass is 10.2. The summed E-state index contributed by atoms with van der Waals surface area (Å²) in [6, 6.07) is 14.1. The first-order valence-corrected chi connectivity index (χ1v) is 6.45. The number of anilines is 2. The molecule has 2 aromatic heterocycles. The monoisotopic (exact) mass is 267 g/mol. The van der Waals surface area contributed by atoms with Crippen molar-refractivity contribution in [3.05, 3.63) is 65.1 Å². The fourth-order valence-corrected chi connectivity index (χ4v) is 2.18. The number of hydrogen-bond acceptors (Lipinski definition) is 3. The van der Waals surface area contributed by atoms with E-state index in [1.807, 2.05) is 47.1 Å². The van der Waals surface area contributed by atoms with Gasteiger partial charge in [0.15, 0.2) is 10.5 Å². The molecule has 0 spiro atoms. The minimum Gasteiger partial charge on any atom is -0.338 e. The van der Waals surface area contributed by atoms with Crippen LogP contribution in [0, 0.1) is 11.6 Å². The first kappa shape index (κ1) is 11.9. The van der Waals surface area contributed by atoms with Crippen molar-refractivity contribution in [2.75, 3.05) is 5.32 Å². The molecule has 1 N–H and O–H groups in total. The number of aromatic nitrogens is 2. The third kappa shape index (κ3) is 2.35. The molecule has 0 aliphatic heterocycles. The van der Waals surface area contributed by atoms with Gasteiger partial charge >= 0.3 is 0 Å². The van der Waals surface area contributed by atoms with Crippen LogP contribution in [0.4, 0.5) is 11.5 Å². The minimum atomic E-state index is 0.679. The molecule has 0 aliphatic carbocycles. The Morgan fingerprint density at radius 2 is 1.89 bits per heavy atom. The van der Waals surface area contributed by atoms with E-state index in [1.165, 1.54) is 5.56 Å². The van der Waals surface area contributed by atoms with Gasteiger partial charge in [0.2, 0.25) is 0 Å². The van der Waals surface area contributed by atoms with Crippen LogP contribution in [0.25, 0.3) is 5.52 Å². The first-order chi connectivity index (χ1) is 9.24. The van der Waals surface area contributed by atoms with Gasteiger partial charge in [-0.15, -0.1) is 0 Å². The summed E-state index contributed by atoms with van der Waals surface area (Å²) in [6.07, 6.45) is 3.76. The van der Waals surface area contributed by atoms with Gasteiger partial charge in [-0.05, 0) is 31.2 Å². The molecule has 0 radical (unpaired) electrons. The van der Waals surface area contributed by atoms with Crippen molar-refractivity contribution in [3.63, 3.8) is 0 Å². The molecule has 19 heavy (non-hydrogen) atoms. The molecular formula is C15H13N3S. The number of nitrogens with zero attached hydrogens (tertiary/aromatic N) is 2. The molecular weight excluding hydrogens is 254 g/mol. The van der Waals surface area contributed by atoms with Crippen molar-refractivity contribution in [2.45, 2.75) is 6.92 Å². The first-order valence-electron chi connectivity index (χ1n) is 6.04. The summed E-state index contributed by atoms with van der Waals surface area (Å²) < 4.78 is 2.62. The molecule has 0 saturated carbocycles. The predicted molar refractivity (Wildman–Crippen MR) is 80.5 cm³/mol. The standard InChI is InChI=1S/C15H13N3S/c1-11-5-7-12(8-6-11)17-14-15(19)18-9-3-2-4-13(18)10-16-14/h2-10H,1H3,(H,16,17). The Labute approximate surface area is 116 Å². The molecule has 3 nitrogen and oxygen atoms in total. The minimum absolute atomic E-state index is 0.679. The Bertz CT molecular complexity index is 775. The molecule has 2 heterocycles. The van der Waals surface area contributed by atoms with E-state index in [4.69, 9.17) is 12.2 Å². The Morgan fingerprint density at radius 1 is 1.11 bits per heavy atom. The second kappa shape index (κ2) is 4.82. The third-order valence-corrected chi connectivity index (χ3v) is 3.34. The number of nitrogens with one attached hydrogen (secondary N) is 1. The summed E-state index contributed by atoms with van der Waals surface area (Å²) in [5.74, 6) is 0.697. The van der Waals surface area contributed by atoms with Crippen LogP contribution >= 0.6 is 12.2 Å². The fourth-order valence-electron chi connectivity index (χ4n) is 1.91. The Morgan fingerprint density at radius 3 is 2.68 bits per heavy atom. The van der Waals surface area contributed by atoms with Gasteiger partial charge in [-0.3, -0.25) is 0 Å². The summed E-state index contributed by atoms with van der Waals surface area (Å²) in [5, 5.41) is 3.26. The number of aryl methyl sites for hydroxylation is 1. The van der Waals surface area contributed by atoms with Crippen molar-refractivity contribution >= 4 is 29.2 Å². The lowest BCUT2D eigenvalue weighted by molar-refractivity contribution is 1.09. The van der Waals surface area contributed by atoms with Gasteiger partial charge in [0, 0.05) is 11.9 Å². The van der Waals surface area contributed by atoms with Crippen molar-refractivity contribution in [1.29, 1.82) is 0 Å². The van der Waals surface area contributed by atoms with E-state index in [0.717, 1.165) is 11.2 Å². The van der Waals surface area contributed by atoms with Crippen LogP contribution in [0.5, 0.6) is 0 Å². The van der Waals surface area contributed by atoms with E-state index < -0.39 is 0 Å². The van der Waals surface area contributed by atoms with Gasteiger partial charge in [-0.25, -0.2) is 4.98 Å². The maximum atomic E-state index is 5.46. The highest BCUT2D eigenvalue weighted by Crippen LogP contribution is 2.17. The highest BCUT2D eigenvalue weighted by Gasteiger charge is 2.01. The molecule has 1 aromatic carbocycles. The van der Waals surface area contributed by atoms with Crippen LogP contribution < -0.4 is 5.32 Å². The van der Waals surface area contributed by atoms with Crippen LogP contribution in [0.3, 0.4) is 0 Å².